The molecule has 0 aliphatic heterocycles. The van der Waals surface area contributed by atoms with Gasteiger partial charge in [0.15, 0.2) is 0 Å². The summed E-state index contributed by atoms with van der Waals surface area (Å²) in [5.41, 5.74) is 0.432. The van der Waals surface area contributed by atoms with Crippen molar-refractivity contribution < 1.29 is 20.1 Å². The molecule has 0 spiro atoms. The van der Waals surface area contributed by atoms with Crippen LogP contribution in [-0.2, 0) is 4.79 Å². The van der Waals surface area contributed by atoms with Gasteiger partial charge in [0, 0.05) is 12.6 Å². The van der Waals surface area contributed by atoms with E-state index in [1.165, 1.54) is 12.1 Å². The molecule has 0 fully saturated rings. The first kappa shape index (κ1) is 15.3. The van der Waals surface area contributed by atoms with Crippen LogP contribution in [0.25, 0.3) is 0 Å². The quantitative estimate of drug-likeness (QED) is 0.736. The SMILES string of the molecule is CCN(CC(C)C(=O)O)C(C)c1c(O)cccc1O. The summed E-state index contributed by atoms with van der Waals surface area (Å²) in [5, 5.41) is 28.7. The number of nitrogens with zero attached hydrogens (tertiary/aromatic N) is 1. The number of benzene rings is 1. The number of hydrogen-bond acceptors (Lipinski definition) is 4. The Labute approximate surface area is 113 Å². The smallest absolute Gasteiger partial charge is 0.307 e. The van der Waals surface area contributed by atoms with E-state index in [1.807, 2.05) is 18.7 Å². The van der Waals surface area contributed by atoms with Crippen LogP contribution in [0.3, 0.4) is 0 Å². The molecule has 19 heavy (non-hydrogen) atoms. The third-order valence-electron chi connectivity index (χ3n) is 3.36. The van der Waals surface area contributed by atoms with Gasteiger partial charge in [-0.1, -0.05) is 19.9 Å². The summed E-state index contributed by atoms with van der Waals surface area (Å²) in [5.74, 6) is -1.31. The molecule has 0 bridgehead atoms. The molecule has 5 nitrogen and oxygen atoms in total. The topological polar surface area (TPSA) is 81.0 Å². The van der Waals surface area contributed by atoms with Gasteiger partial charge in [0.1, 0.15) is 11.5 Å². The van der Waals surface area contributed by atoms with E-state index in [-0.39, 0.29) is 17.5 Å². The summed E-state index contributed by atoms with van der Waals surface area (Å²) in [6.45, 7) is 6.39. The summed E-state index contributed by atoms with van der Waals surface area (Å²) in [6, 6.07) is 4.34. The molecule has 0 aliphatic rings. The van der Waals surface area contributed by atoms with E-state index in [1.54, 1.807) is 13.0 Å². The highest BCUT2D eigenvalue weighted by Crippen LogP contribution is 2.35. The first-order chi connectivity index (χ1) is 8.88. The van der Waals surface area contributed by atoms with Gasteiger partial charge in [0.25, 0.3) is 0 Å². The predicted molar refractivity (Wildman–Crippen MR) is 72.2 cm³/mol. The second-order valence-corrected chi connectivity index (χ2v) is 4.71. The number of carboxylic acids is 1. The maximum Gasteiger partial charge on any atom is 0.307 e. The Balaban J connectivity index is 2.95. The Morgan fingerprint density at radius 3 is 2.21 bits per heavy atom. The number of hydrogen-bond donors (Lipinski definition) is 3. The van der Waals surface area contributed by atoms with Crippen molar-refractivity contribution in [3.63, 3.8) is 0 Å². The number of aliphatic carboxylic acids is 1. The minimum absolute atomic E-state index is 0.0222. The van der Waals surface area contributed by atoms with Crippen molar-refractivity contribution in [2.24, 2.45) is 5.92 Å². The summed E-state index contributed by atoms with van der Waals surface area (Å²) < 4.78 is 0. The zero-order valence-electron chi connectivity index (χ0n) is 11.5. The van der Waals surface area contributed by atoms with Crippen molar-refractivity contribution in [1.82, 2.24) is 4.90 Å². The minimum atomic E-state index is -0.854. The lowest BCUT2D eigenvalue weighted by Crippen LogP contribution is -2.34. The van der Waals surface area contributed by atoms with Crippen molar-refractivity contribution in [2.45, 2.75) is 26.8 Å². The van der Waals surface area contributed by atoms with Gasteiger partial charge in [-0.2, -0.15) is 0 Å². The third-order valence-corrected chi connectivity index (χ3v) is 3.36. The van der Waals surface area contributed by atoms with Crippen molar-refractivity contribution in [1.29, 1.82) is 0 Å². The van der Waals surface area contributed by atoms with Crippen molar-refractivity contribution >= 4 is 5.97 Å². The molecule has 2 atom stereocenters. The highest BCUT2D eigenvalue weighted by atomic mass is 16.4. The first-order valence-corrected chi connectivity index (χ1v) is 6.36. The number of phenolic OH excluding ortho intramolecular Hbond substituents is 2. The van der Waals surface area contributed by atoms with Crippen LogP contribution in [0.5, 0.6) is 11.5 Å². The lowest BCUT2D eigenvalue weighted by Gasteiger charge is -2.30. The Morgan fingerprint density at radius 2 is 1.79 bits per heavy atom. The number of rotatable bonds is 6. The summed E-state index contributed by atoms with van der Waals surface area (Å²) >= 11 is 0. The Morgan fingerprint density at radius 1 is 1.26 bits per heavy atom. The summed E-state index contributed by atoms with van der Waals surface area (Å²) in [6.07, 6.45) is 0. The van der Waals surface area contributed by atoms with Crippen LogP contribution < -0.4 is 0 Å². The van der Waals surface area contributed by atoms with Crippen molar-refractivity contribution in [3.05, 3.63) is 23.8 Å². The van der Waals surface area contributed by atoms with E-state index in [0.29, 0.717) is 18.7 Å². The van der Waals surface area contributed by atoms with Crippen LogP contribution in [-0.4, -0.2) is 39.3 Å². The van der Waals surface area contributed by atoms with Crippen LogP contribution in [0.15, 0.2) is 18.2 Å². The van der Waals surface area contributed by atoms with E-state index >= 15 is 0 Å². The fourth-order valence-corrected chi connectivity index (χ4v) is 2.14. The highest BCUT2D eigenvalue weighted by Gasteiger charge is 2.24. The molecule has 0 saturated carbocycles. The van der Waals surface area contributed by atoms with E-state index in [2.05, 4.69) is 0 Å². The largest absolute Gasteiger partial charge is 0.507 e. The van der Waals surface area contributed by atoms with E-state index < -0.39 is 11.9 Å². The third kappa shape index (κ3) is 3.61. The average Bonchev–Trinajstić information content (AvgIpc) is 2.34. The van der Waals surface area contributed by atoms with Crippen LogP contribution in [0.4, 0.5) is 0 Å². The molecule has 1 aromatic carbocycles. The van der Waals surface area contributed by atoms with E-state index in [4.69, 9.17) is 5.11 Å². The van der Waals surface area contributed by atoms with Crippen molar-refractivity contribution in [3.8, 4) is 11.5 Å². The molecule has 2 unspecified atom stereocenters. The molecule has 106 valence electrons. The molecular weight excluding hydrogens is 246 g/mol. The molecule has 0 saturated heterocycles. The van der Waals surface area contributed by atoms with Crippen molar-refractivity contribution in [2.75, 3.05) is 13.1 Å². The monoisotopic (exact) mass is 267 g/mol. The van der Waals surface area contributed by atoms with Crippen LogP contribution in [0.2, 0.25) is 0 Å². The van der Waals surface area contributed by atoms with Crippen LogP contribution >= 0.6 is 0 Å². The van der Waals surface area contributed by atoms with Crippen LogP contribution in [0.1, 0.15) is 32.4 Å². The second-order valence-electron chi connectivity index (χ2n) is 4.71. The molecule has 0 radical (unpaired) electrons. The normalized spacial score (nSPS) is 14.3. The lowest BCUT2D eigenvalue weighted by atomic mass is 10.0. The van der Waals surface area contributed by atoms with Gasteiger partial charge in [-0.15, -0.1) is 0 Å². The Bertz CT molecular complexity index is 427. The predicted octanol–water partition coefficient (Wildman–Crippen LogP) is 2.20. The molecular formula is C14H21NO4. The standard InChI is InChI=1S/C14H21NO4/c1-4-15(8-9(2)14(18)19)10(3)13-11(16)6-5-7-12(13)17/h5-7,9-10,16-17H,4,8H2,1-3H3,(H,18,19). The molecule has 3 N–H and O–H groups in total. The first-order valence-electron chi connectivity index (χ1n) is 6.36. The molecule has 1 rings (SSSR count). The number of phenols is 2. The number of carbonyl (C=O) groups is 1. The average molecular weight is 267 g/mol. The van der Waals surface area contributed by atoms with Gasteiger partial charge >= 0.3 is 5.97 Å². The number of aromatic hydroxyl groups is 2. The van der Waals surface area contributed by atoms with Gasteiger partial charge < -0.3 is 15.3 Å². The maximum atomic E-state index is 10.9. The summed E-state index contributed by atoms with van der Waals surface area (Å²) in [7, 11) is 0. The van der Waals surface area contributed by atoms with E-state index in [0.717, 1.165) is 0 Å². The fraction of sp³-hybridized carbons (Fsp3) is 0.500. The Hall–Kier alpha value is -1.75. The lowest BCUT2D eigenvalue weighted by molar-refractivity contribution is -0.141. The molecule has 0 aromatic heterocycles. The van der Waals surface area contributed by atoms with Gasteiger partial charge in [-0.25, -0.2) is 0 Å². The zero-order chi connectivity index (χ0) is 14.6. The molecule has 0 aliphatic carbocycles. The fourth-order valence-electron chi connectivity index (χ4n) is 2.14. The minimum Gasteiger partial charge on any atom is -0.507 e. The number of carboxylic acid groups (broad SMARTS) is 1. The highest BCUT2D eigenvalue weighted by molar-refractivity contribution is 5.69. The molecule has 1 aromatic rings. The van der Waals surface area contributed by atoms with Gasteiger partial charge in [0.05, 0.1) is 11.5 Å². The zero-order valence-corrected chi connectivity index (χ0v) is 11.5. The Kier molecular flexibility index (Phi) is 5.18. The summed E-state index contributed by atoms with van der Waals surface area (Å²) in [4.78, 5) is 12.8. The maximum absolute atomic E-state index is 10.9. The van der Waals surface area contributed by atoms with E-state index in [9.17, 15) is 15.0 Å². The van der Waals surface area contributed by atoms with Gasteiger partial charge in [-0.05, 0) is 25.6 Å². The van der Waals surface area contributed by atoms with Gasteiger partial charge in [-0.3, -0.25) is 9.69 Å². The van der Waals surface area contributed by atoms with Gasteiger partial charge in [0.2, 0.25) is 0 Å². The molecule has 0 amide bonds. The van der Waals surface area contributed by atoms with Crippen LogP contribution in [0, 0.1) is 5.92 Å². The molecule has 0 heterocycles. The molecule has 5 heteroatoms. The second kappa shape index (κ2) is 6.43.